The Morgan fingerprint density at radius 1 is 0.844 bits per heavy atom. The number of hydrogen-bond acceptors (Lipinski definition) is 3. The Hall–Kier alpha value is -2.80. The molecule has 32 heavy (non-hydrogen) atoms. The van der Waals surface area contributed by atoms with E-state index in [1.54, 1.807) is 12.1 Å². The van der Waals surface area contributed by atoms with Crippen molar-refractivity contribution in [1.82, 2.24) is 0 Å². The van der Waals surface area contributed by atoms with Crippen LogP contribution in [0.5, 0.6) is 11.5 Å². The number of benzene rings is 3. The summed E-state index contributed by atoms with van der Waals surface area (Å²) in [6.07, 6.45) is -1.16. The third-order valence-electron chi connectivity index (χ3n) is 5.88. The molecule has 166 valence electrons. The first-order chi connectivity index (χ1) is 15.3. The van der Waals surface area contributed by atoms with Gasteiger partial charge in [-0.2, -0.15) is 0 Å². The molecule has 2 aliphatic rings. The molecule has 1 fully saturated rings. The highest BCUT2D eigenvalue weighted by atomic mass is 32.2. The Morgan fingerprint density at radius 2 is 1.44 bits per heavy atom. The van der Waals surface area contributed by atoms with Crippen LogP contribution in [0.2, 0.25) is 0 Å². The Labute approximate surface area is 187 Å². The van der Waals surface area contributed by atoms with Crippen LogP contribution in [0.25, 0.3) is 0 Å². The van der Waals surface area contributed by atoms with E-state index in [1.165, 1.54) is 6.07 Å². The van der Waals surface area contributed by atoms with Crippen molar-refractivity contribution < 1.29 is 22.6 Å². The maximum Gasteiger partial charge on any atom is 0.573 e. The van der Waals surface area contributed by atoms with Crippen LogP contribution in [-0.4, -0.2) is 12.0 Å². The average Bonchev–Trinajstić information content (AvgIpc) is 3.18. The van der Waals surface area contributed by atoms with Crippen molar-refractivity contribution in [2.45, 2.75) is 59.3 Å². The van der Waals surface area contributed by atoms with Crippen molar-refractivity contribution in [3.63, 3.8) is 0 Å². The summed E-state index contributed by atoms with van der Waals surface area (Å²) in [5.74, 6) is -0.153. The molecule has 0 radical (unpaired) electrons. The molecule has 1 N–H and O–H groups in total. The summed E-state index contributed by atoms with van der Waals surface area (Å²) in [4.78, 5) is 3.07. The van der Waals surface area contributed by atoms with Crippen molar-refractivity contribution in [2.75, 3.05) is 5.32 Å². The van der Waals surface area contributed by atoms with Crippen LogP contribution in [0, 0.1) is 0 Å². The van der Waals surface area contributed by atoms with Gasteiger partial charge in [0, 0.05) is 6.07 Å². The number of alkyl halides is 3. The highest BCUT2D eigenvalue weighted by Gasteiger charge is 2.40. The normalized spacial score (nSPS) is 17.2. The Bertz CT molecular complexity index is 1100. The molecule has 1 aliphatic carbocycles. The summed E-state index contributed by atoms with van der Waals surface area (Å²) in [6.45, 7) is 1.96. The quantitative estimate of drug-likeness (QED) is 0.322. The topological polar surface area (TPSA) is 30.5 Å². The Morgan fingerprint density at radius 3 is 2.03 bits per heavy atom. The van der Waals surface area contributed by atoms with Gasteiger partial charge in [0.25, 0.3) is 0 Å². The van der Waals surface area contributed by atoms with Crippen LogP contribution in [0.3, 0.4) is 0 Å². The van der Waals surface area contributed by atoms with Crippen molar-refractivity contribution in [1.29, 1.82) is 0 Å². The summed E-state index contributed by atoms with van der Waals surface area (Å²) in [5, 5.41) is 3.46. The van der Waals surface area contributed by atoms with Crippen LogP contribution >= 0.6 is 0 Å². The van der Waals surface area contributed by atoms with E-state index >= 15 is 0 Å². The zero-order valence-corrected chi connectivity index (χ0v) is 18.4. The van der Waals surface area contributed by atoms with E-state index < -0.39 is 22.9 Å². The van der Waals surface area contributed by atoms with Gasteiger partial charge in [-0.05, 0) is 69.0 Å². The number of rotatable bonds is 4. The van der Waals surface area contributed by atoms with E-state index in [1.807, 2.05) is 43.3 Å². The second-order valence-corrected chi connectivity index (χ2v) is 10.3. The smallest absolute Gasteiger partial charge is 0.483 e. The molecule has 0 atom stereocenters. The Balaban J connectivity index is 1.62. The van der Waals surface area contributed by atoms with Crippen LogP contribution in [0.15, 0.2) is 81.4 Å². The molecular formula is C25H23F3NO2S+. The molecule has 7 heteroatoms. The molecule has 0 spiro atoms. The summed E-state index contributed by atoms with van der Waals surface area (Å²) in [5.41, 5.74) is 1.50. The largest absolute Gasteiger partial charge is 0.573 e. The second kappa shape index (κ2) is 7.96. The molecule has 1 aliphatic heterocycles. The summed E-state index contributed by atoms with van der Waals surface area (Å²) >= 11 is 0. The minimum absolute atomic E-state index is 0.144. The lowest BCUT2D eigenvalue weighted by Crippen LogP contribution is -2.29. The van der Waals surface area contributed by atoms with E-state index in [9.17, 15) is 13.2 Å². The van der Waals surface area contributed by atoms with E-state index in [-0.39, 0.29) is 11.5 Å². The first kappa shape index (κ1) is 21.1. The van der Waals surface area contributed by atoms with E-state index in [4.69, 9.17) is 4.74 Å². The molecule has 5 rings (SSSR count). The minimum Gasteiger partial charge on any atom is -0.483 e. The van der Waals surface area contributed by atoms with Crippen molar-refractivity contribution in [3.8, 4) is 11.5 Å². The van der Waals surface area contributed by atoms with Gasteiger partial charge >= 0.3 is 6.36 Å². The van der Waals surface area contributed by atoms with Gasteiger partial charge in [-0.15, -0.1) is 13.2 Å². The first-order valence-electron chi connectivity index (χ1n) is 10.6. The molecule has 0 unspecified atom stereocenters. The van der Waals surface area contributed by atoms with Gasteiger partial charge in [0.2, 0.25) is 0 Å². The highest BCUT2D eigenvalue weighted by molar-refractivity contribution is 7.97. The van der Waals surface area contributed by atoms with Crippen molar-refractivity contribution in [3.05, 3.63) is 66.7 Å². The predicted octanol–water partition coefficient (Wildman–Crippen LogP) is 7.45. The predicted molar refractivity (Wildman–Crippen MR) is 119 cm³/mol. The van der Waals surface area contributed by atoms with Crippen LogP contribution in [0.4, 0.5) is 24.5 Å². The van der Waals surface area contributed by atoms with Gasteiger partial charge in [-0.25, -0.2) is 0 Å². The fourth-order valence-corrected chi connectivity index (χ4v) is 6.69. The first-order valence-corrected chi connectivity index (χ1v) is 11.8. The molecule has 1 saturated carbocycles. The van der Waals surface area contributed by atoms with Crippen molar-refractivity contribution >= 4 is 22.3 Å². The SMILES string of the molecule is CC1(Oc2cc([S+]3c4ccccc4Nc4ccccc43)ccc2OC(F)(F)F)CCCC1. The van der Waals surface area contributed by atoms with Crippen molar-refractivity contribution in [2.24, 2.45) is 0 Å². The molecular weight excluding hydrogens is 435 g/mol. The van der Waals surface area contributed by atoms with Gasteiger partial charge in [0.15, 0.2) is 26.2 Å². The summed E-state index contributed by atoms with van der Waals surface area (Å²) < 4.78 is 49.8. The molecule has 3 aromatic rings. The summed E-state index contributed by atoms with van der Waals surface area (Å²) in [6, 6.07) is 20.9. The maximum atomic E-state index is 13.1. The lowest BCUT2D eigenvalue weighted by atomic mass is 10.1. The number of para-hydroxylation sites is 2. The van der Waals surface area contributed by atoms with Crippen LogP contribution in [-0.2, 0) is 10.9 Å². The average molecular weight is 459 g/mol. The van der Waals surface area contributed by atoms with Crippen LogP contribution in [0.1, 0.15) is 32.6 Å². The zero-order valence-electron chi connectivity index (χ0n) is 17.5. The van der Waals surface area contributed by atoms with Gasteiger partial charge in [-0.1, -0.05) is 24.3 Å². The monoisotopic (exact) mass is 458 g/mol. The molecule has 3 nitrogen and oxygen atoms in total. The Kier molecular flexibility index (Phi) is 5.24. The standard InChI is InChI=1S/C25H23F3NO2S/c1-24(14-6-7-15-24)30-21-16-17(12-13-20(21)31-25(26,27)28)32-22-10-4-2-8-18(22)29-19-9-3-5-11-23(19)32/h2-5,8-13,16,29H,6-7,14-15H2,1H3/q+1. The number of halogens is 3. The zero-order chi connectivity index (χ0) is 22.3. The molecule has 1 heterocycles. The number of nitrogens with one attached hydrogen (secondary N) is 1. The highest BCUT2D eigenvalue weighted by Crippen LogP contribution is 2.47. The third kappa shape index (κ3) is 4.13. The van der Waals surface area contributed by atoms with Gasteiger partial charge in [0.05, 0.1) is 11.4 Å². The van der Waals surface area contributed by atoms with Gasteiger partial charge in [-0.3, -0.25) is 0 Å². The van der Waals surface area contributed by atoms with E-state index in [0.29, 0.717) is 0 Å². The number of hydrogen-bond donors (Lipinski definition) is 1. The van der Waals surface area contributed by atoms with E-state index in [0.717, 1.165) is 51.7 Å². The van der Waals surface area contributed by atoms with Crippen LogP contribution < -0.4 is 14.8 Å². The number of ether oxygens (including phenoxy) is 2. The number of anilines is 2. The second-order valence-electron chi connectivity index (χ2n) is 8.34. The fraction of sp³-hybridized carbons (Fsp3) is 0.280. The molecule has 0 saturated heterocycles. The van der Waals surface area contributed by atoms with Gasteiger partial charge < -0.3 is 14.8 Å². The molecule has 0 bridgehead atoms. The molecule has 0 amide bonds. The number of fused-ring (bicyclic) bond motifs is 2. The van der Waals surface area contributed by atoms with Gasteiger partial charge in [0.1, 0.15) is 16.5 Å². The summed E-state index contributed by atoms with van der Waals surface area (Å²) in [7, 11) is -0.496. The van der Waals surface area contributed by atoms with E-state index in [2.05, 4.69) is 22.2 Å². The lowest BCUT2D eigenvalue weighted by molar-refractivity contribution is -0.275. The lowest BCUT2D eigenvalue weighted by Gasteiger charge is -2.27. The molecule has 3 aromatic carbocycles. The maximum absolute atomic E-state index is 13.1. The molecule has 0 aromatic heterocycles. The fourth-order valence-electron chi connectivity index (χ4n) is 4.41. The third-order valence-corrected chi connectivity index (χ3v) is 8.19. The minimum atomic E-state index is -4.79.